The predicted octanol–water partition coefficient (Wildman–Crippen LogP) is 3.33. The van der Waals surface area contributed by atoms with Gasteiger partial charge in [-0.05, 0) is 55.3 Å². The molecule has 2 N–H and O–H groups in total. The first-order chi connectivity index (χ1) is 15.4. The van der Waals surface area contributed by atoms with E-state index < -0.39 is 45.4 Å². The van der Waals surface area contributed by atoms with Gasteiger partial charge in [0.2, 0.25) is 10.0 Å². The van der Waals surface area contributed by atoms with Crippen LogP contribution in [-0.2, 0) is 25.7 Å². The molecule has 178 valence electrons. The fourth-order valence-electron chi connectivity index (χ4n) is 3.16. The van der Waals surface area contributed by atoms with Crippen LogP contribution >= 0.6 is 0 Å². The third kappa shape index (κ3) is 5.70. The van der Waals surface area contributed by atoms with Crippen molar-refractivity contribution < 1.29 is 35.9 Å². The van der Waals surface area contributed by atoms with Crippen LogP contribution in [0.3, 0.4) is 0 Å². The molecule has 2 aromatic carbocycles. The molecule has 8 nitrogen and oxygen atoms in total. The summed E-state index contributed by atoms with van der Waals surface area (Å²) in [6, 6.07) is 7.80. The molecular formula is C21H22F3N3O5S. The Hall–Kier alpha value is -2.96. The number of nitrogens with one attached hydrogen (secondary N) is 2. The smallest absolute Gasteiger partial charge is 0.368 e. The van der Waals surface area contributed by atoms with Crippen LogP contribution in [0, 0.1) is 0 Å². The highest BCUT2D eigenvalue weighted by molar-refractivity contribution is 7.89. The first-order valence-electron chi connectivity index (χ1n) is 9.87. The van der Waals surface area contributed by atoms with Crippen LogP contribution in [0.5, 0.6) is 0 Å². The van der Waals surface area contributed by atoms with Crippen LogP contribution in [0.2, 0.25) is 0 Å². The maximum Gasteiger partial charge on any atom is 0.418 e. The number of hydrogen-bond acceptors (Lipinski definition) is 5. The number of alkyl halides is 3. The van der Waals surface area contributed by atoms with Crippen molar-refractivity contribution in [3.05, 3.63) is 53.6 Å². The Balaban J connectivity index is 1.80. The van der Waals surface area contributed by atoms with Gasteiger partial charge in [0.1, 0.15) is 6.10 Å². The topological polar surface area (TPSA) is 105 Å². The van der Waals surface area contributed by atoms with Crippen molar-refractivity contribution in [2.24, 2.45) is 0 Å². The van der Waals surface area contributed by atoms with Crippen LogP contribution in [0.15, 0.2) is 47.4 Å². The minimum atomic E-state index is -4.81. The van der Waals surface area contributed by atoms with Gasteiger partial charge in [0.05, 0.1) is 16.1 Å². The standard InChI is InChI=1S/C21H22F3N3O5S/c1-27(2)33(30,31)15-8-5-13(6-9-15)19(28)26-17-10-7-14(12-16(17)21(22,23)24)25-20(29)18-4-3-11-32-18/h5-10,12,18H,3-4,11H2,1-2H3,(H,25,29)(H,26,28). The Labute approximate surface area is 188 Å². The summed E-state index contributed by atoms with van der Waals surface area (Å²) in [5.41, 5.74) is -1.77. The molecule has 0 saturated carbocycles. The second kappa shape index (κ2) is 9.49. The van der Waals surface area contributed by atoms with Gasteiger partial charge >= 0.3 is 6.18 Å². The first kappa shape index (κ1) is 24.7. The highest BCUT2D eigenvalue weighted by Gasteiger charge is 2.35. The van der Waals surface area contributed by atoms with Crippen LogP contribution in [0.25, 0.3) is 0 Å². The highest BCUT2D eigenvalue weighted by Crippen LogP contribution is 2.37. The lowest BCUT2D eigenvalue weighted by atomic mass is 10.1. The van der Waals surface area contributed by atoms with E-state index in [-0.39, 0.29) is 16.1 Å². The number of sulfonamides is 1. The summed E-state index contributed by atoms with van der Waals surface area (Å²) in [4.78, 5) is 24.6. The van der Waals surface area contributed by atoms with Crippen LogP contribution < -0.4 is 10.6 Å². The SMILES string of the molecule is CN(C)S(=O)(=O)c1ccc(C(=O)Nc2ccc(NC(=O)C3CCCO3)cc2C(F)(F)F)cc1. The molecule has 0 aromatic heterocycles. The molecule has 1 fully saturated rings. The van der Waals surface area contributed by atoms with E-state index in [1.165, 1.54) is 44.4 Å². The third-order valence-corrected chi connectivity index (χ3v) is 6.79. The van der Waals surface area contributed by atoms with Gasteiger partial charge < -0.3 is 15.4 Å². The molecule has 2 aromatic rings. The van der Waals surface area contributed by atoms with Crippen molar-refractivity contribution in [3.8, 4) is 0 Å². The average Bonchev–Trinajstić information content (AvgIpc) is 3.29. The lowest BCUT2D eigenvalue weighted by molar-refractivity contribution is -0.137. The molecule has 1 aliphatic rings. The summed E-state index contributed by atoms with van der Waals surface area (Å²) < 4.78 is 71.3. The summed E-state index contributed by atoms with van der Waals surface area (Å²) in [7, 11) is -1.02. The highest BCUT2D eigenvalue weighted by atomic mass is 32.2. The second-order valence-corrected chi connectivity index (χ2v) is 9.67. The number of anilines is 2. The zero-order valence-electron chi connectivity index (χ0n) is 17.8. The second-order valence-electron chi connectivity index (χ2n) is 7.51. The fourth-order valence-corrected chi connectivity index (χ4v) is 4.06. The normalized spacial score (nSPS) is 16.6. The largest absolute Gasteiger partial charge is 0.418 e. The van der Waals surface area contributed by atoms with Crippen LogP contribution in [-0.4, -0.2) is 51.3 Å². The Kier molecular flexibility index (Phi) is 7.10. The molecule has 33 heavy (non-hydrogen) atoms. The van der Waals surface area contributed by atoms with E-state index in [0.717, 1.165) is 16.4 Å². The van der Waals surface area contributed by atoms with Crippen molar-refractivity contribution in [2.75, 3.05) is 31.3 Å². The van der Waals surface area contributed by atoms with Crippen LogP contribution in [0.4, 0.5) is 24.5 Å². The van der Waals surface area contributed by atoms with E-state index >= 15 is 0 Å². The number of carbonyl (C=O) groups is 2. The molecule has 1 heterocycles. The first-order valence-corrected chi connectivity index (χ1v) is 11.3. The van der Waals surface area contributed by atoms with Crippen molar-refractivity contribution in [2.45, 2.75) is 30.0 Å². The number of nitrogens with zero attached hydrogens (tertiary/aromatic N) is 1. The molecule has 3 rings (SSSR count). The van der Waals surface area contributed by atoms with E-state index in [0.29, 0.717) is 19.4 Å². The zero-order chi connectivity index (χ0) is 24.4. The summed E-state index contributed by atoms with van der Waals surface area (Å²) in [5.74, 6) is -1.39. The minimum absolute atomic E-state index is 0.0309. The molecule has 1 atom stereocenters. The van der Waals surface area contributed by atoms with Gasteiger partial charge in [-0.1, -0.05) is 0 Å². The maximum absolute atomic E-state index is 13.6. The molecule has 0 bridgehead atoms. The van der Waals surface area contributed by atoms with Crippen molar-refractivity contribution in [1.82, 2.24) is 4.31 Å². The molecule has 1 saturated heterocycles. The molecule has 0 spiro atoms. The van der Waals surface area contributed by atoms with Gasteiger partial charge in [-0.15, -0.1) is 0 Å². The Morgan fingerprint density at radius 2 is 1.73 bits per heavy atom. The summed E-state index contributed by atoms with van der Waals surface area (Å²) in [5, 5.41) is 4.59. The van der Waals surface area contributed by atoms with Gasteiger partial charge in [0, 0.05) is 32.0 Å². The molecule has 1 unspecified atom stereocenters. The molecule has 0 aliphatic carbocycles. The van der Waals surface area contributed by atoms with Gasteiger partial charge in [0.25, 0.3) is 11.8 Å². The molecule has 0 radical (unpaired) electrons. The number of rotatable bonds is 6. The van der Waals surface area contributed by atoms with Gasteiger partial charge in [-0.3, -0.25) is 9.59 Å². The van der Waals surface area contributed by atoms with E-state index in [1.54, 1.807) is 0 Å². The van der Waals surface area contributed by atoms with Crippen LogP contribution in [0.1, 0.15) is 28.8 Å². The lowest BCUT2D eigenvalue weighted by Crippen LogP contribution is -2.27. The zero-order valence-corrected chi connectivity index (χ0v) is 18.6. The summed E-state index contributed by atoms with van der Waals surface area (Å²) in [6.07, 6.45) is -4.34. The number of hydrogen-bond donors (Lipinski definition) is 2. The Morgan fingerprint density at radius 1 is 1.06 bits per heavy atom. The number of benzene rings is 2. The molecule has 2 amide bonds. The quantitative estimate of drug-likeness (QED) is 0.653. The number of carbonyl (C=O) groups excluding carboxylic acids is 2. The van der Waals surface area contributed by atoms with Crippen molar-refractivity contribution in [1.29, 1.82) is 0 Å². The molecule has 1 aliphatic heterocycles. The molecule has 12 heteroatoms. The summed E-state index contributed by atoms with van der Waals surface area (Å²) in [6.45, 7) is 0.416. The van der Waals surface area contributed by atoms with E-state index in [9.17, 15) is 31.2 Å². The lowest BCUT2D eigenvalue weighted by Gasteiger charge is -2.17. The monoisotopic (exact) mass is 485 g/mol. The third-order valence-electron chi connectivity index (χ3n) is 4.96. The predicted molar refractivity (Wildman–Crippen MR) is 114 cm³/mol. The fraction of sp³-hybridized carbons (Fsp3) is 0.333. The molecular weight excluding hydrogens is 463 g/mol. The van der Waals surface area contributed by atoms with Gasteiger partial charge in [-0.25, -0.2) is 12.7 Å². The van der Waals surface area contributed by atoms with Crippen molar-refractivity contribution >= 4 is 33.2 Å². The van der Waals surface area contributed by atoms with E-state index in [2.05, 4.69) is 10.6 Å². The number of halogens is 3. The van der Waals surface area contributed by atoms with E-state index in [1.807, 2.05) is 0 Å². The van der Waals surface area contributed by atoms with Gasteiger partial charge in [-0.2, -0.15) is 13.2 Å². The minimum Gasteiger partial charge on any atom is -0.368 e. The number of ether oxygens (including phenoxy) is 1. The Morgan fingerprint density at radius 3 is 2.27 bits per heavy atom. The Bertz CT molecular complexity index is 1140. The van der Waals surface area contributed by atoms with Gasteiger partial charge in [0.15, 0.2) is 0 Å². The summed E-state index contributed by atoms with van der Waals surface area (Å²) >= 11 is 0. The average molecular weight is 485 g/mol. The number of amides is 2. The maximum atomic E-state index is 13.6. The van der Waals surface area contributed by atoms with Crippen molar-refractivity contribution in [3.63, 3.8) is 0 Å². The van der Waals surface area contributed by atoms with E-state index in [4.69, 9.17) is 4.74 Å².